The number of hydrogen-bond acceptors (Lipinski definition) is 3. The van der Waals surface area contributed by atoms with Crippen LogP contribution in [0.3, 0.4) is 0 Å². The Labute approximate surface area is 128 Å². The molecule has 0 aliphatic carbocycles. The SMILES string of the molecule is Oc1ccc(CNc2cc(Cl)c(O)c(Cl)c2)cc1Br. The van der Waals surface area contributed by atoms with Crippen LogP contribution in [0.15, 0.2) is 34.8 Å². The van der Waals surface area contributed by atoms with Crippen LogP contribution >= 0.6 is 39.1 Å². The molecule has 0 atom stereocenters. The van der Waals surface area contributed by atoms with Crippen LogP contribution in [0.2, 0.25) is 10.0 Å². The van der Waals surface area contributed by atoms with Crippen molar-refractivity contribution < 1.29 is 10.2 Å². The lowest BCUT2D eigenvalue weighted by molar-refractivity contribution is 0.471. The number of benzene rings is 2. The minimum absolute atomic E-state index is 0.124. The summed E-state index contributed by atoms with van der Waals surface area (Å²) in [5.74, 6) is 0.0701. The molecule has 19 heavy (non-hydrogen) atoms. The lowest BCUT2D eigenvalue weighted by Gasteiger charge is -2.09. The molecular weight excluding hydrogens is 353 g/mol. The first-order valence-electron chi connectivity index (χ1n) is 5.36. The number of phenols is 2. The van der Waals surface area contributed by atoms with Gasteiger partial charge in [0.25, 0.3) is 0 Å². The zero-order valence-corrected chi connectivity index (χ0v) is 12.7. The Kier molecular flexibility index (Phi) is 4.45. The van der Waals surface area contributed by atoms with E-state index >= 15 is 0 Å². The number of halogens is 3. The normalized spacial score (nSPS) is 10.5. The quantitative estimate of drug-likeness (QED) is 0.688. The van der Waals surface area contributed by atoms with Gasteiger partial charge in [-0.2, -0.15) is 0 Å². The summed E-state index contributed by atoms with van der Waals surface area (Å²) in [6, 6.07) is 8.41. The third-order valence-corrected chi connectivity index (χ3v) is 3.74. The average Bonchev–Trinajstić information content (AvgIpc) is 2.37. The fourth-order valence-electron chi connectivity index (χ4n) is 1.53. The molecule has 0 aliphatic rings. The highest BCUT2D eigenvalue weighted by atomic mass is 79.9. The number of aromatic hydroxyl groups is 2. The Hall–Kier alpha value is -1.10. The molecule has 0 amide bonds. The molecule has 0 saturated carbocycles. The van der Waals surface area contributed by atoms with Crippen molar-refractivity contribution >= 4 is 44.8 Å². The first-order chi connectivity index (χ1) is 8.97. The monoisotopic (exact) mass is 361 g/mol. The smallest absolute Gasteiger partial charge is 0.152 e. The largest absolute Gasteiger partial charge is 0.507 e. The van der Waals surface area contributed by atoms with Crippen molar-refractivity contribution in [1.82, 2.24) is 0 Å². The highest BCUT2D eigenvalue weighted by molar-refractivity contribution is 9.10. The van der Waals surface area contributed by atoms with Gasteiger partial charge in [0.15, 0.2) is 5.75 Å². The summed E-state index contributed by atoms with van der Waals surface area (Å²) in [5, 5.41) is 22.4. The second-order valence-corrected chi connectivity index (χ2v) is 5.60. The Bertz CT molecular complexity index is 597. The second kappa shape index (κ2) is 5.90. The van der Waals surface area contributed by atoms with Crippen molar-refractivity contribution in [2.75, 3.05) is 5.32 Å². The standard InChI is InChI=1S/C13H10BrCl2NO2/c14-9-3-7(1-2-12(9)18)6-17-8-4-10(15)13(19)11(16)5-8/h1-5,17-19H,6H2. The molecule has 0 radical (unpaired) electrons. The Morgan fingerprint density at radius 1 is 1.05 bits per heavy atom. The molecule has 0 fully saturated rings. The van der Waals surface area contributed by atoms with E-state index < -0.39 is 0 Å². The van der Waals surface area contributed by atoms with Gasteiger partial charge in [-0.3, -0.25) is 0 Å². The summed E-state index contributed by atoms with van der Waals surface area (Å²) >= 11 is 14.9. The number of phenolic OH excluding ortho intramolecular Hbond substituents is 2. The molecule has 3 nitrogen and oxygen atoms in total. The fraction of sp³-hybridized carbons (Fsp3) is 0.0769. The van der Waals surface area contributed by atoms with Gasteiger partial charge in [0.05, 0.1) is 14.5 Å². The molecule has 0 bridgehead atoms. The summed E-state index contributed by atoms with van der Waals surface area (Å²) in [7, 11) is 0. The van der Waals surface area contributed by atoms with Gasteiger partial charge >= 0.3 is 0 Å². The van der Waals surface area contributed by atoms with E-state index in [0.717, 1.165) is 5.56 Å². The number of anilines is 1. The summed E-state index contributed by atoms with van der Waals surface area (Å²) in [6.45, 7) is 0.538. The highest BCUT2D eigenvalue weighted by Crippen LogP contribution is 2.34. The van der Waals surface area contributed by atoms with E-state index in [1.807, 2.05) is 6.07 Å². The molecule has 0 saturated heterocycles. The predicted molar refractivity (Wildman–Crippen MR) is 81.3 cm³/mol. The third-order valence-electron chi connectivity index (χ3n) is 2.53. The van der Waals surface area contributed by atoms with Gasteiger partial charge in [0.2, 0.25) is 0 Å². The number of hydrogen-bond donors (Lipinski definition) is 3. The van der Waals surface area contributed by atoms with Crippen LogP contribution in [-0.2, 0) is 6.54 Å². The molecular formula is C13H10BrCl2NO2. The highest BCUT2D eigenvalue weighted by Gasteiger charge is 2.06. The Morgan fingerprint density at radius 2 is 1.68 bits per heavy atom. The fourth-order valence-corrected chi connectivity index (χ4v) is 2.45. The average molecular weight is 363 g/mol. The molecule has 0 aromatic heterocycles. The van der Waals surface area contributed by atoms with Crippen molar-refractivity contribution in [3.05, 3.63) is 50.4 Å². The molecule has 0 aliphatic heterocycles. The maximum atomic E-state index is 9.46. The van der Waals surface area contributed by atoms with Gasteiger partial charge in [-0.15, -0.1) is 0 Å². The first-order valence-corrected chi connectivity index (χ1v) is 6.91. The van der Waals surface area contributed by atoms with Crippen LogP contribution in [-0.4, -0.2) is 10.2 Å². The van der Waals surface area contributed by atoms with Gasteiger partial charge in [-0.05, 0) is 45.8 Å². The van der Waals surface area contributed by atoms with Gasteiger partial charge in [0, 0.05) is 12.2 Å². The van der Waals surface area contributed by atoms with Gasteiger partial charge in [-0.1, -0.05) is 29.3 Å². The maximum Gasteiger partial charge on any atom is 0.152 e. The van der Waals surface area contributed by atoms with E-state index in [4.69, 9.17) is 23.2 Å². The minimum Gasteiger partial charge on any atom is -0.507 e. The molecule has 2 rings (SSSR count). The Morgan fingerprint density at radius 3 is 2.26 bits per heavy atom. The van der Waals surface area contributed by atoms with Crippen molar-refractivity contribution in [2.45, 2.75) is 6.54 Å². The molecule has 100 valence electrons. The van der Waals surface area contributed by atoms with Crippen LogP contribution < -0.4 is 5.32 Å². The lowest BCUT2D eigenvalue weighted by Crippen LogP contribution is -1.99. The maximum absolute atomic E-state index is 9.46. The van der Waals surface area contributed by atoms with Gasteiger partial charge in [0.1, 0.15) is 5.75 Å². The molecule has 0 unspecified atom stereocenters. The minimum atomic E-state index is -0.124. The van der Waals surface area contributed by atoms with E-state index in [1.165, 1.54) is 0 Å². The van der Waals surface area contributed by atoms with Crippen LogP contribution in [0.1, 0.15) is 5.56 Å². The third kappa shape index (κ3) is 3.47. The number of rotatable bonds is 3. The summed E-state index contributed by atoms with van der Waals surface area (Å²) in [6.07, 6.45) is 0. The lowest BCUT2D eigenvalue weighted by atomic mass is 10.2. The van der Waals surface area contributed by atoms with Crippen LogP contribution in [0, 0.1) is 0 Å². The van der Waals surface area contributed by atoms with Crippen molar-refractivity contribution in [2.24, 2.45) is 0 Å². The molecule has 2 aromatic carbocycles. The summed E-state index contributed by atoms with van der Waals surface area (Å²) in [4.78, 5) is 0. The first kappa shape index (κ1) is 14.3. The topological polar surface area (TPSA) is 52.5 Å². The van der Waals surface area contributed by atoms with E-state index in [2.05, 4.69) is 21.2 Å². The van der Waals surface area contributed by atoms with E-state index in [9.17, 15) is 10.2 Å². The zero-order chi connectivity index (χ0) is 14.0. The van der Waals surface area contributed by atoms with Crippen LogP contribution in [0.25, 0.3) is 0 Å². The van der Waals surface area contributed by atoms with Gasteiger partial charge < -0.3 is 15.5 Å². The van der Waals surface area contributed by atoms with Crippen molar-refractivity contribution in [1.29, 1.82) is 0 Å². The van der Waals surface area contributed by atoms with Gasteiger partial charge in [-0.25, -0.2) is 0 Å². The molecule has 3 N–H and O–H groups in total. The summed E-state index contributed by atoms with van der Waals surface area (Å²) < 4.78 is 0.633. The van der Waals surface area contributed by atoms with E-state index in [0.29, 0.717) is 16.7 Å². The van der Waals surface area contributed by atoms with Crippen molar-refractivity contribution in [3.63, 3.8) is 0 Å². The predicted octanol–water partition coefficient (Wildman–Crippen LogP) is 4.78. The Balaban J connectivity index is 2.12. The molecule has 2 aromatic rings. The van der Waals surface area contributed by atoms with Crippen LogP contribution in [0.5, 0.6) is 11.5 Å². The van der Waals surface area contributed by atoms with E-state index in [1.54, 1.807) is 24.3 Å². The summed E-state index contributed by atoms with van der Waals surface area (Å²) in [5.41, 5.74) is 1.68. The van der Waals surface area contributed by atoms with Crippen molar-refractivity contribution in [3.8, 4) is 11.5 Å². The van der Waals surface area contributed by atoms with Crippen LogP contribution in [0.4, 0.5) is 5.69 Å². The molecule has 0 spiro atoms. The van der Waals surface area contributed by atoms with E-state index in [-0.39, 0.29) is 21.5 Å². The second-order valence-electron chi connectivity index (χ2n) is 3.93. The zero-order valence-electron chi connectivity index (χ0n) is 9.62. The number of nitrogens with one attached hydrogen (secondary N) is 1. The molecule has 6 heteroatoms. The molecule has 0 heterocycles.